The predicted octanol–water partition coefficient (Wildman–Crippen LogP) is 7.45. The van der Waals surface area contributed by atoms with Gasteiger partial charge in [0.1, 0.15) is 34.5 Å². The van der Waals surface area contributed by atoms with Crippen LogP contribution in [0.15, 0.2) is 84.9 Å². The van der Waals surface area contributed by atoms with E-state index in [0.717, 1.165) is 22.6 Å². The van der Waals surface area contributed by atoms with Gasteiger partial charge in [0.05, 0.1) is 0 Å². The molecule has 0 bridgehead atoms. The van der Waals surface area contributed by atoms with Crippen molar-refractivity contribution in [3.63, 3.8) is 0 Å². The van der Waals surface area contributed by atoms with E-state index >= 15 is 0 Å². The molecular formula is C28H26O4. The van der Waals surface area contributed by atoms with E-state index in [1.165, 1.54) is 11.1 Å². The molecule has 0 aromatic heterocycles. The Morgan fingerprint density at radius 2 is 0.938 bits per heavy atom. The summed E-state index contributed by atoms with van der Waals surface area (Å²) < 4.78 is 11.9. The highest BCUT2D eigenvalue weighted by molar-refractivity contribution is 5.46. The third kappa shape index (κ3) is 4.86. The minimum Gasteiger partial charge on any atom is -0.508 e. The molecule has 0 fully saturated rings. The zero-order chi connectivity index (χ0) is 22.7. The Bertz CT molecular complexity index is 1110. The molecule has 0 spiro atoms. The number of phenolic OH excluding ortho intramolecular Hbond substituents is 2. The van der Waals surface area contributed by atoms with Crippen molar-refractivity contribution in [1.82, 2.24) is 0 Å². The molecule has 4 aromatic carbocycles. The number of aromatic hydroxyl groups is 2. The van der Waals surface area contributed by atoms with Gasteiger partial charge in [0.15, 0.2) is 0 Å². The Morgan fingerprint density at radius 1 is 0.562 bits per heavy atom. The molecule has 0 amide bonds. The Labute approximate surface area is 188 Å². The molecule has 2 N–H and O–H groups in total. The van der Waals surface area contributed by atoms with Crippen LogP contribution in [0.5, 0.6) is 34.5 Å². The number of aryl methyl sites for hydroxylation is 2. The molecule has 0 saturated heterocycles. The average molecular weight is 427 g/mol. The highest BCUT2D eigenvalue weighted by Gasteiger charge is 2.13. The van der Waals surface area contributed by atoms with Crippen molar-refractivity contribution >= 4 is 0 Å². The second-order valence-electron chi connectivity index (χ2n) is 7.96. The highest BCUT2D eigenvalue weighted by atomic mass is 16.5. The number of benzene rings is 4. The van der Waals surface area contributed by atoms with Gasteiger partial charge in [0, 0.05) is 5.92 Å². The molecule has 0 heterocycles. The van der Waals surface area contributed by atoms with Gasteiger partial charge in [-0.1, -0.05) is 31.2 Å². The number of phenols is 2. The predicted molar refractivity (Wildman–Crippen MR) is 126 cm³/mol. The summed E-state index contributed by atoms with van der Waals surface area (Å²) in [5.74, 6) is 3.60. The summed E-state index contributed by atoms with van der Waals surface area (Å²) in [5.41, 5.74) is 4.50. The lowest BCUT2D eigenvalue weighted by molar-refractivity contribution is 0.462. The van der Waals surface area contributed by atoms with Crippen LogP contribution in [0.1, 0.15) is 35.1 Å². The van der Waals surface area contributed by atoms with Gasteiger partial charge in [-0.15, -0.1) is 0 Å². The molecule has 4 aromatic rings. The Kier molecular flexibility index (Phi) is 6.04. The van der Waals surface area contributed by atoms with Gasteiger partial charge in [-0.05, 0) is 96.8 Å². The molecule has 4 heteroatoms. The number of rotatable bonds is 6. The third-order valence-corrected chi connectivity index (χ3v) is 5.53. The summed E-state index contributed by atoms with van der Waals surface area (Å²) in [6.07, 6.45) is 0. The van der Waals surface area contributed by atoms with Crippen LogP contribution < -0.4 is 9.47 Å². The monoisotopic (exact) mass is 426 g/mol. The molecule has 0 aliphatic rings. The van der Waals surface area contributed by atoms with Gasteiger partial charge < -0.3 is 19.7 Å². The maximum absolute atomic E-state index is 9.43. The van der Waals surface area contributed by atoms with Crippen molar-refractivity contribution in [2.24, 2.45) is 0 Å². The average Bonchev–Trinajstić information content (AvgIpc) is 2.79. The Balaban J connectivity index is 1.50. The first kappa shape index (κ1) is 21.3. The van der Waals surface area contributed by atoms with Gasteiger partial charge in [-0.2, -0.15) is 0 Å². The molecule has 4 nitrogen and oxygen atoms in total. The first-order valence-corrected chi connectivity index (χ1v) is 10.5. The normalized spacial score (nSPS) is 10.9. The second-order valence-corrected chi connectivity index (χ2v) is 7.96. The molecule has 32 heavy (non-hydrogen) atoms. The molecule has 0 saturated carbocycles. The summed E-state index contributed by atoms with van der Waals surface area (Å²) in [6, 6.07) is 25.9. The first-order chi connectivity index (χ1) is 15.4. The van der Waals surface area contributed by atoms with Crippen LogP contribution in [0.3, 0.4) is 0 Å². The molecule has 0 radical (unpaired) electrons. The lowest BCUT2D eigenvalue weighted by Gasteiger charge is -2.17. The van der Waals surface area contributed by atoms with E-state index in [0.29, 0.717) is 11.5 Å². The number of hydrogen-bond donors (Lipinski definition) is 2. The van der Waals surface area contributed by atoms with Crippen LogP contribution in [0, 0.1) is 13.8 Å². The quantitative estimate of drug-likeness (QED) is 0.336. The molecule has 0 aliphatic carbocycles. The SMILES string of the molecule is Cc1cc(C(C)c2ccc(Oc3ccc(O)cc3)c(C)c2)ccc1Oc1ccc(O)cc1. The Morgan fingerprint density at radius 3 is 1.28 bits per heavy atom. The highest BCUT2D eigenvalue weighted by Crippen LogP contribution is 2.34. The van der Waals surface area contributed by atoms with Crippen LogP contribution in [-0.4, -0.2) is 10.2 Å². The molecule has 0 unspecified atom stereocenters. The van der Waals surface area contributed by atoms with Gasteiger partial charge in [0.2, 0.25) is 0 Å². The molecule has 162 valence electrons. The summed E-state index contributed by atoms with van der Waals surface area (Å²) in [6.45, 7) is 6.25. The zero-order valence-corrected chi connectivity index (χ0v) is 18.4. The van der Waals surface area contributed by atoms with Crippen molar-refractivity contribution in [2.75, 3.05) is 0 Å². The van der Waals surface area contributed by atoms with Crippen molar-refractivity contribution in [1.29, 1.82) is 0 Å². The van der Waals surface area contributed by atoms with Gasteiger partial charge >= 0.3 is 0 Å². The molecular weight excluding hydrogens is 400 g/mol. The fourth-order valence-electron chi connectivity index (χ4n) is 3.59. The van der Waals surface area contributed by atoms with E-state index in [-0.39, 0.29) is 17.4 Å². The largest absolute Gasteiger partial charge is 0.508 e. The summed E-state index contributed by atoms with van der Waals surface area (Å²) in [4.78, 5) is 0. The van der Waals surface area contributed by atoms with Crippen LogP contribution >= 0.6 is 0 Å². The van der Waals surface area contributed by atoms with Crippen LogP contribution in [-0.2, 0) is 0 Å². The minimum atomic E-state index is 0.206. The van der Waals surface area contributed by atoms with Crippen molar-refractivity contribution < 1.29 is 19.7 Å². The molecule has 0 atom stereocenters. The van der Waals surface area contributed by atoms with E-state index in [2.05, 4.69) is 31.2 Å². The number of hydrogen-bond acceptors (Lipinski definition) is 4. The van der Waals surface area contributed by atoms with Gasteiger partial charge in [0.25, 0.3) is 0 Å². The molecule has 4 rings (SSSR count). The Hall–Kier alpha value is -3.92. The standard InChI is InChI=1S/C28H26O4/c1-18-16-21(4-14-27(18)31-25-10-6-23(29)7-11-25)20(3)22-5-15-28(19(2)17-22)32-26-12-8-24(30)9-13-26/h4-17,20,29-30H,1-3H3. The maximum Gasteiger partial charge on any atom is 0.130 e. The summed E-state index contributed by atoms with van der Waals surface area (Å²) in [5, 5.41) is 18.9. The van der Waals surface area contributed by atoms with Gasteiger partial charge in [-0.25, -0.2) is 0 Å². The minimum absolute atomic E-state index is 0.206. The smallest absolute Gasteiger partial charge is 0.130 e. The van der Waals surface area contributed by atoms with Crippen LogP contribution in [0.2, 0.25) is 0 Å². The van der Waals surface area contributed by atoms with Crippen molar-refractivity contribution in [2.45, 2.75) is 26.7 Å². The first-order valence-electron chi connectivity index (χ1n) is 10.5. The summed E-state index contributed by atoms with van der Waals surface area (Å²) >= 11 is 0. The third-order valence-electron chi connectivity index (χ3n) is 5.53. The van der Waals surface area contributed by atoms with E-state index in [4.69, 9.17) is 9.47 Å². The number of ether oxygens (including phenoxy) is 2. The van der Waals surface area contributed by atoms with Crippen molar-refractivity contribution in [3.05, 3.63) is 107 Å². The second kappa shape index (κ2) is 9.06. The van der Waals surface area contributed by atoms with Crippen LogP contribution in [0.25, 0.3) is 0 Å². The van der Waals surface area contributed by atoms with Gasteiger partial charge in [-0.3, -0.25) is 0 Å². The van der Waals surface area contributed by atoms with Crippen LogP contribution in [0.4, 0.5) is 0 Å². The van der Waals surface area contributed by atoms with Crippen molar-refractivity contribution in [3.8, 4) is 34.5 Å². The maximum atomic E-state index is 9.43. The lowest BCUT2D eigenvalue weighted by Crippen LogP contribution is -1.99. The van der Waals surface area contributed by atoms with E-state index in [9.17, 15) is 10.2 Å². The lowest BCUT2D eigenvalue weighted by atomic mass is 9.91. The zero-order valence-electron chi connectivity index (χ0n) is 18.4. The topological polar surface area (TPSA) is 58.9 Å². The summed E-state index contributed by atoms with van der Waals surface area (Å²) in [7, 11) is 0. The fourth-order valence-corrected chi connectivity index (χ4v) is 3.59. The van der Waals surface area contributed by atoms with E-state index in [1.807, 2.05) is 26.0 Å². The molecule has 0 aliphatic heterocycles. The van der Waals surface area contributed by atoms with E-state index < -0.39 is 0 Å². The fraction of sp³-hybridized carbons (Fsp3) is 0.143. The van der Waals surface area contributed by atoms with E-state index in [1.54, 1.807) is 48.5 Å².